The van der Waals surface area contributed by atoms with Crippen LogP contribution in [0, 0.1) is 29.1 Å². The summed E-state index contributed by atoms with van der Waals surface area (Å²) < 4.78 is 0.984. The zero-order chi connectivity index (χ0) is 17.1. The second-order valence-electron chi connectivity index (χ2n) is 7.80. The topological polar surface area (TPSA) is 49.4 Å². The van der Waals surface area contributed by atoms with Crippen molar-refractivity contribution in [1.29, 1.82) is 0 Å². The molecule has 0 aromatic heterocycles. The Hall–Kier alpha value is -1.36. The zero-order valence-electron chi connectivity index (χ0n) is 14.1. The fourth-order valence-electron chi connectivity index (χ4n) is 5.40. The fraction of sp³-hybridized carbons (Fsp3) is 0.579. The molecule has 1 spiro atoms. The molecule has 5 heteroatoms. The molecule has 0 saturated heterocycles. The standard InChI is InChI=1S/C19H23BrN2O2/c1-22(2)18(24)16-14-8-7-13(19(14)9-10-19)15(16)17(23)21-12-5-3-11(20)4-6-12/h3-6,13-16H,7-10H2,1-2H3,(H,21,23). The molecule has 128 valence electrons. The molecule has 4 atom stereocenters. The first-order valence-corrected chi connectivity index (χ1v) is 9.51. The highest BCUT2D eigenvalue weighted by atomic mass is 79.9. The average Bonchev–Trinajstić information content (AvgIpc) is 3.22. The van der Waals surface area contributed by atoms with E-state index in [9.17, 15) is 9.59 Å². The first-order valence-electron chi connectivity index (χ1n) is 8.71. The van der Waals surface area contributed by atoms with Gasteiger partial charge in [0.25, 0.3) is 0 Å². The van der Waals surface area contributed by atoms with Crippen molar-refractivity contribution in [2.45, 2.75) is 25.7 Å². The van der Waals surface area contributed by atoms with Gasteiger partial charge < -0.3 is 10.2 Å². The van der Waals surface area contributed by atoms with Gasteiger partial charge in [-0.1, -0.05) is 15.9 Å². The summed E-state index contributed by atoms with van der Waals surface area (Å²) in [5.41, 5.74) is 1.09. The van der Waals surface area contributed by atoms with Crippen LogP contribution in [-0.4, -0.2) is 30.8 Å². The van der Waals surface area contributed by atoms with Gasteiger partial charge in [-0.15, -0.1) is 0 Å². The number of halogens is 1. The molecule has 1 aromatic carbocycles. The van der Waals surface area contributed by atoms with Gasteiger partial charge in [-0.25, -0.2) is 0 Å². The fourth-order valence-corrected chi connectivity index (χ4v) is 5.66. The summed E-state index contributed by atoms with van der Waals surface area (Å²) in [6.07, 6.45) is 4.60. The molecule has 0 aliphatic heterocycles. The lowest BCUT2D eigenvalue weighted by molar-refractivity contribution is -0.140. The van der Waals surface area contributed by atoms with Crippen LogP contribution in [0.15, 0.2) is 28.7 Å². The quantitative estimate of drug-likeness (QED) is 0.857. The van der Waals surface area contributed by atoms with Gasteiger partial charge in [0.05, 0.1) is 11.8 Å². The third-order valence-electron chi connectivity index (χ3n) is 6.49. The zero-order valence-corrected chi connectivity index (χ0v) is 15.7. The smallest absolute Gasteiger partial charge is 0.228 e. The van der Waals surface area contributed by atoms with Gasteiger partial charge in [0.1, 0.15) is 0 Å². The molecule has 2 bridgehead atoms. The Bertz CT molecular complexity index is 681. The normalized spacial score (nSPS) is 32.0. The molecule has 4 nitrogen and oxygen atoms in total. The molecule has 4 unspecified atom stereocenters. The maximum Gasteiger partial charge on any atom is 0.228 e. The van der Waals surface area contributed by atoms with Crippen molar-refractivity contribution in [2.24, 2.45) is 29.1 Å². The minimum absolute atomic E-state index is 0.0241. The minimum atomic E-state index is -0.176. The Morgan fingerprint density at radius 3 is 2.21 bits per heavy atom. The average molecular weight is 391 g/mol. The summed E-state index contributed by atoms with van der Waals surface area (Å²) in [7, 11) is 3.61. The molecule has 1 aromatic rings. The Morgan fingerprint density at radius 1 is 1.08 bits per heavy atom. The van der Waals surface area contributed by atoms with Gasteiger partial charge >= 0.3 is 0 Å². The van der Waals surface area contributed by atoms with E-state index in [0.29, 0.717) is 11.8 Å². The van der Waals surface area contributed by atoms with E-state index in [2.05, 4.69) is 21.2 Å². The monoisotopic (exact) mass is 390 g/mol. The van der Waals surface area contributed by atoms with Crippen LogP contribution in [0.1, 0.15) is 25.7 Å². The number of rotatable bonds is 3. The van der Waals surface area contributed by atoms with E-state index >= 15 is 0 Å². The van der Waals surface area contributed by atoms with Crippen molar-refractivity contribution in [1.82, 2.24) is 4.90 Å². The predicted octanol–water partition coefficient (Wildman–Crippen LogP) is 3.53. The molecule has 3 fully saturated rings. The second kappa shape index (κ2) is 5.58. The summed E-state index contributed by atoms with van der Waals surface area (Å²) in [6.45, 7) is 0. The number of hydrogen-bond donors (Lipinski definition) is 1. The van der Waals surface area contributed by atoms with Gasteiger partial charge in [0.15, 0.2) is 0 Å². The predicted molar refractivity (Wildman–Crippen MR) is 96.3 cm³/mol. The van der Waals surface area contributed by atoms with E-state index < -0.39 is 0 Å². The third kappa shape index (κ3) is 2.32. The Morgan fingerprint density at radius 2 is 1.67 bits per heavy atom. The van der Waals surface area contributed by atoms with Crippen LogP contribution in [0.2, 0.25) is 0 Å². The van der Waals surface area contributed by atoms with Gasteiger partial charge in [-0.2, -0.15) is 0 Å². The number of anilines is 1. The lowest BCUT2D eigenvalue weighted by Crippen LogP contribution is -2.42. The lowest BCUT2D eigenvalue weighted by atomic mass is 9.78. The first-order chi connectivity index (χ1) is 11.4. The molecule has 2 amide bonds. The highest BCUT2D eigenvalue weighted by molar-refractivity contribution is 9.10. The van der Waals surface area contributed by atoms with Gasteiger partial charge in [0.2, 0.25) is 11.8 Å². The summed E-state index contributed by atoms with van der Waals surface area (Å²) >= 11 is 3.41. The maximum atomic E-state index is 13.0. The number of hydrogen-bond acceptors (Lipinski definition) is 2. The van der Waals surface area contributed by atoms with E-state index in [0.717, 1.165) is 23.0 Å². The Labute approximate surface area is 151 Å². The van der Waals surface area contributed by atoms with Crippen LogP contribution >= 0.6 is 15.9 Å². The molecule has 1 N–H and O–H groups in total. The van der Waals surface area contributed by atoms with Crippen molar-refractivity contribution >= 4 is 33.4 Å². The van der Waals surface area contributed by atoms with Crippen LogP contribution in [0.5, 0.6) is 0 Å². The van der Waals surface area contributed by atoms with Crippen molar-refractivity contribution in [3.05, 3.63) is 28.7 Å². The summed E-state index contributed by atoms with van der Waals surface area (Å²) in [5, 5.41) is 3.05. The van der Waals surface area contributed by atoms with Gasteiger partial charge in [0, 0.05) is 24.3 Å². The van der Waals surface area contributed by atoms with E-state index in [-0.39, 0.29) is 29.1 Å². The molecular weight excluding hydrogens is 368 g/mol. The van der Waals surface area contributed by atoms with Crippen molar-refractivity contribution in [2.75, 3.05) is 19.4 Å². The third-order valence-corrected chi connectivity index (χ3v) is 7.02. The SMILES string of the molecule is CN(C)C(=O)C1C(C(=O)Nc2ccc(Br)cc2)C2CCC1C21CC1. The minimum Gasteiger partial charge on any atom is -0.349 e. The highest BCUT2D eigenvalue weighted by Gasteiger charge is 2.71. The molecular formula is C19H23BrN2O2. The number of amides is 2. The van der Waals surface area contributed by atoms with E-state index in [1.54, 1.807) is 19.0 Å². The van der Waals surface area contributed by atoms with Crippen LogP contribution in [0.25, 0.3) is 0 Å². The van der Waals surface area contributed by atoms with Crippen LogP contribution < -0.4 is 5.32 Å². The molecule has 3 aliphatic carbocycles. The largest absolute Gasteiger partial charge is 0.349 e. The van der Waals surface area contributed by atoms with E-state index in [1.165, 1.54) is 12.8 Å². The molecule has 0 heterocycles. The summed E-state index contributed by atoms with van der Waals surface area (Å²) in [5.74, 6) is 0.617. The van der Waals surface area contributed by atoms with Crippen molar-refractivity contribution in [3.8, 4) is 0 Å². The molecule has 0 radical (unpaired) electrons. The molecule has 4 rings (SSSR count). The number of carbonyl (C=O) groups is 2. The first kappa shape index (κ1) is 16.1. The van der Waals surface area contributed by atoms with Crippen LogP contribution in [0.3, 0.4) is 0 Å². The summed E-state index contributed by atoms with van der Waals surface area (Å²) in [4.78, 5) is 27.5. The number of nitrogens with one attached hydrogen (secondary N) is 1. The van der Waals surface area contributed by atoms with Crippen molar-refractivity contribution in [3.63, 3.8) is 0 Å². The molecule has 3 saturated carbocycles. The number of benzene rings is 1. The van der Waals surface area contributed by atoms with E-state index in [4.69, 9.17) is 0 Å². The molecule has 24 heavy (non-hydrogen) atoms. The Balaban J connectivity index is 1.60. The van der Waals surface area contributed by atoms with Crippen molar-refractivity contribution < 1.29 is 9.59 Å². The second-order valence-corrected chi connectivity index (χ2v) is 8.72. The molecule has 3 aliphatic rings. The van der Waals surface area contributed by atoms with Crippen LogP contribution in [-0.2, 0) is 9.59 Å². The summed E-state index contributed by atoms with van der Waals surface area (Å²) in [6, 6.07) is 7.62. The van der Waals surface area contributed by atoms with Gasteiger partial charge in [-0.3, -0.25) is 9.59 Å². The number of carbonyl (C=O) groups excluding carboxylic acids is 2. The Kier molecular flexibility index (Phi) is 3.75. The lowest BCUT2D eigenvalue weighted by Gasteiger charge is -2.30. The van der Waals surface area contributed by atoms with Crippen LogP contribution in [0.4, 0.5) is 5.69 Å². The van der Waals surface area contributed by atoms with E-state index in [1.807, 2.05) is 24.3 Å². The maximum absolute atomic E-state index is 13.0. The van der Waals surface area contributed by atoms with Gasteiger partial charge in [-0.05, 0) is 67.2 Å². The number of nitrogens with zero attached hydrogens (tertiary/aromatic N) is 1. The highest BCUT2D eigenvalue weighted by Crippen LogP contribution is 2.74.